The first-order chi connectivity index (χ1) is 24.7. The van der Waals surface area contributed by atoms with Crippen LogP contribution in [0.25, 0.3) is 11.0 Å². The third kappa shape index (κ3) is 6.70. The molecule has 52 heavy (non-hydrogen) atoms. The first kappa shape index (κ1) is 36.4. The molecule has 0 unspecified atom stereocenters. The van der Waals surface area contributed by atoms with Crippen molar-refractivity contribution in [1.82, 2.24) is 18.8 Å². The van der Waals surface area contributed by atoms with Crippen LogP contribution in [-0.4, -0.2) is 115 Å². The zero-order chi connectivity index (χ0) is 37.1. The van der Waals surface area contributed by atoms with E-state index in [0.717, 1.165) is 83.9 Å². The second-order valence-electron chi connectivity index (χ2n) is 15.4. The average molecular weight is 735 g/mol. The third-order valence-corrected chi connectivity index (χ3v) is 13.1. The number of nitrogens with one attached hydrogen (secondary N) is 1. The molecule has 280 valence electrons. The molecule has 3 aromatic rings. The van der Waals surface area contributed by atoms with E-state index in [0.29, 0.717) is 48.5 Å². The molecule has 1 atom stereocenters. The van der Waals surface area contributed by atoms with Gasteiger partial charge in [0, 0.05) is 82.7 Å². The van der Waals surface area contributed by atoms with E-state index < -0.39 is 21.7 Å². The van der Waals surface area contributed by atoms with E-state index in [2.05, 4.69) is 39.5 Å². The van der Waals surface area contributed by atoms with Crippen molar-refractivity contribution in [3.63, 3.8) is 0 Å². The van der Waals surface area contributed by atoms with Gasteiger partial charge >= 0.3 is 15.8 Å². The highest BCUT2D eigenvalue weighted by Gasteiger charge is 2.46. The van der Waals surface area contributed by atoms with Crippen LogP contribution >= 0.6 is 0 Å². The Balaban J connectivity index is 1.18. The van der Waals surface area contributed by atoms with Gasteiger partial charge in [-0.3, -0.25) is 14.5 Å². The molecule has 2 amide bonds. The summed E-state index contributed by atoms with van der Waals surface area (Å²) in [7, 11) is 2.52. The van der Waals surface area contributed by atoms with Crippen molar-refractivity contribution in [3.8, 4) is 0 Å². The zero-order valence-electron chi connectivity index (χ0n) is 31.1. The molecule has 14 heteroatoms. The van der Waals surface area contributed by atoms with Crippen LogP contribution in [-0.2, 0) is 27.9 Å². The number of carbonyl (C=O) groups is 2. The molecule has 3 aliphatic heterocycles. The number of likely N-dealkylation sites (N-methyl/N-ethyl adjacent to an activating group) is 1. The summed E-state index contributed by atoms with van der Waals surface area (Å²) in [5.74, 6) is -1.01. The highest BCUT2D eigenvalue weighted by molar-refractivity contribution is 7.87. The number of fused-ring (bicyclic) bond motifs is 3. The van der Waals surface area contributed by atoms with Crippen LogP contribution in [0.1, 0.15) is 68.7 Å². The minimum atomic E-state index is -4.02. The van der Waals surface area contributed by atoms with Crippen LogP contribution in [0.4, 0.5) is 11.4 Å². The number of methoxy groups -OCH3 is 1. The van der Waals surface area contributed by atoms with Crippen molar-refractivity contribution in [2.24, 2.45) is 5.41 Å². The van der Waals surface area contributed by atoms with E-state index in [1.165, 1.54) is 14.1 Å². The summed E-state index contributed by atoms with van der Waals surface area (Å²) < 4.78 is 39.8. The fourth-order valence-electron chi connectivity index (χ4n) is 8.35. The maximum atomic E-state index is 14.1. The summed E-state index contributed by atoms with van der Waals surface area (Å²) in [6.45, 7) is 9.24. The lowest BCUT2D eigenvalue weighted by Crippen LogP contribution is -2.53. The van der Waals surface area contributed by atoms with Crippen molar-refractivity contribution in [1.29, 1.82) is 0 Å². The van der Waals surface area contributed by atoms with Crippen LogP contribution in [0, 0.1) is 19.3 Å². The van der Waals surface area contributed by atoms with Crippen molar-refractivity contribution in [2.75, 3.05) is 83.9 Å². The molecule has 2 aromatic carbocycles. The summed E-state index contributed by atoms with van der Waals surface area (Å²) in [5, 5.41) is 0.940. The van der Waals surface area contributed by atoms with E-state index in [1.807, 2.05) is 6.92 Å². The summed E-state index contributed by atoms with van der Waals surface area (Å²) in [4.78, 5) is 49.7. The molecular weight excluding hydrogens is 685 g/mol. The SMILES string of the molecule is COC[C@H]1CN(c2cc(C)c3c4c(c(=O)oc3c2C)CN(C(=O)c2ccc(C(=O)NS(=O)(=O)N(C)C)c(N3CCCC5(CC5)C3)c2)CC4)CCN1C. The molecule has 3 fully saturated rings. The summed E-state index contributed by atoms with van der Waals surface area (Å²) >= 11 is 0. The van der Waals surface area contributed by atoms with Gasteiger partial charge in [-0.1, -0.05) is 0 Å². The van der Waals surface area contributed by atoms with E-state index in [4.69, 9.17) is 9.15 Å². The number of rotatable bonds is 8. The maximum Gasteiger partial charge on any atom is 0.341 e. The number of anilines is 2. The minimum absolute atomic E-state index is 0.106. The van der Waals surface area contributed by atoms with Crippen LogP contribution in [0.3, 0.4) is 0 Å². The Kier molecular flexibility index (Phi) is 9.64. The number of aryl methyl sites for hydroxylation is 2. The fourth-order valence-corrected chi connectivity index (χ4v) is 8.88. The Morgan fingerprint density at radius 3 is 2.50 bits per heavy atom. The molecular formula is C38H50N6O7S. The molecule has 4 aliphatic rings. The lowest BCUT2D eigenvalue weighted by Gasteiger charge is -2.41. The topological polar surface area (TPSA) is 136 Å². The van der Waals surface area contributed by atoms with E-state index in [1.54, 1.807) is 30.2 Å². The lowest BCUT2D eigenvalue weighted by atomic mass is 9.92. The van der Waals surface area contributed by atoms with Gasteiger partial charge in [-0.15, -0.1) is 0 Å². The van der Waals surface area contributed by atoms with Gasteiger partial charge in [0.15, 0.2) is 0 Å². The quantitative estimate of drug-likeness (QED) is 0.344. The van der Waals surface area contributed by atoms with Crippen molar-refractivity contribution in [2.45, 2.75) is 58.5 Å². The number of hydrogen-bond acceptors (Lipinski definition) is 10. The number of hydrogen-bond donors (Lipinski definition) is 1. The molecule has 1 aromatic heterocycles. The second kappa shape index (κ2) is 13.8. The Bertz CT molecular complexity index is 2090. The number of piperidine rings is 1. The smallest absolute Gasteiger partial charge is 0.341 e. The Labute approximate surface area is 305 Å². The Hall–Kier alpha value is -3.98. The van der Waals surface area contributed by atoms with Gasteiger partial charge in [-0.2, -0.15) is 12.7 Å². The zero-order valence-corrected chi connectivity index (χ0v) is 31.9. The largest absolute Gasteiger partial charge is 0.422 e. The van der Waals surface area contributed by atoms with Crippen molar-refractivity contribution < 1.29 is 27.2 Å². The molecule has 2 saturated heterocycles. The molecule has 1 aliphatic carbocycles. The number of carbonyl (C=O) groups excluding carboxylic acids is 2. The number of ether oxygens (including phenoxy) is 1. The molecule has 13 nitrogen and oxygen atoms in total. The summed E-state index contributed by atoms with van der Waals surface area (Å²) in [5.41, 5.74) is 5.93. The standard InChI is InChI=1S/C38H50N6O7S/c1-24-18-31(42-17-16-41(5)27(20-42)22-50-6)25(2)34-33(24)28-10-15-43(21-30(28)37(47)51-34)36(46)26-8-9-29(35(45)39-52(48,49)40(3)4)32(19-26)44-14-7-11-38(23-44)12-13-38/h8-9,18-19,27H,7,10-17,20-23H2,1-6H3,(H,39,45)/t27-/m1/s1. The van der Waals surface area contributed by atoms with Gasteiger partial charge in [0.1, 0.15) is 5.58 Å². The molecule has 0 radical (unpaired) electrons. The van der Waals surface area contributed by atoms with Gasteiger partial charge in [0.05, 0.1) is 36.0 Å². The van der Waals surface area contributed by atoms with Crippen LogP contribution in [0.2, 0.25) is 0 Å². The second-order valence-corrected chi connectivity index (χ2v) is 17.3. The summed E-state index contributed by atoms with van der Waals surface area (Å²) in [6.07, 6.45) is 4.81. The van der Waals surface area contributed by atoms with E-state index >= 15 is 0 Å². The summed E-state index contributed by atoms with van der Waals surface area (Å²) in [6, 6.07) is 7.28. The number of nitrogens with zero attached hydrogens (tertiary/aromatic N) is 5. The van der Waals surface area contributed by atoms with Crippen molar-refractivity contribution in [3.05, 3.63) is 68.1 Å². The number of piperazine rings is 1. The van der Waals surface area contributed by atoms with E-state index in [9.17, 15) is 22.8 Å². The number of amides is 2. The highest BCUT2D eigenvalue weighted by atomic mass is 32.2. The third-order valence-electron chi connectivity index (χ3n) is 11.7. The van der Waals surface area contributed by atoms with Crippen molar-refractivity contribution >= 4 is 44.4 Å². The van der Waals surface area contributed by atoms with Crippen LogP contribution in [0.5, 0.6) is 0 Å². The van der Waals surface area contributed by atoms with E-state index in [-0.39, 0.29) is 29.5 Å². The molecule has 1 spiro atoms. The van der Waals surface area contributed by atoms with Gasteiger partial charge in [-0.05, 0) is 93.8 Å². The molecule has 4 heterocycles. The highest BCUT2D eigenvalue weighted by Crippen LogP contribution is 2.53. The van der Waals surface area contributed by atoms with Crippen LogP contribution in [0.15, 0.2) is 33.5 Å². The normalized spacial score (nSPS) is 20.4. The first-order valence-corrected chi connectivity index (χ1v) is 19.6. The molecule has 1 saturated carbocycles. The Morgan fingerprint density at radius 1 is 1.02 bits per heavy atom. The Morgan fingerprint density at radius 2 is 1.79 bits per heavy atom. The van der Waals surface area contributed by atoms with Gasteiger partial charge in [-0.25, -0.2) is 9.52 Å². The minimum Gasteiger partial charge on any atom is -0.422 e. The predicted octanol–water partition coefficient (Wildman–Crippen LogP) is 3.29. The van der Waals surface area contributed by atoms with Gasteiger partial charge in [0.2, 0.25) is 0 Å². The average Bonchev–Trinajstić information content (AvgIpc) is 3.87. The number of benzene rings is 2. The van der Waals surface area contributed by atoms with Gasteiger partial charge in [0.25, 0.3) is 11.8 Å². The predicted molar refractivity (Wildman–Crippen MR) is 201 cm³/mol. The molecule has 7 rings (SSSR count). The lowest BCUT2D eigenvalue weighted by molar-refractivity contribution is 0.0732. The fraction of sp³-hybridized carbons (Fsp3) is 0.553. The molecule has 1 N–H and O–H groups in total. The van der Waals surface area contributed by atoms with Gasteiger partial charge < -0.3 is 23.9 Å². The molecule has 0 bridgehead atoms. The first-order valence-electron chi connectivity index (χ1n) is 18.2. The van der Waals surface area contributed by atoms with Crippen LogP contribution < -0.4 is 20.1 Å². The monoisotopic (exact) mass is 734 g/mol. The maximum absolute atomic E-state index is 14.1.